The number of benzene rings is 2. The van der Waals surface area contributed by atoms with Crippen molar-refractivity contribution in [3.63, 3.8) is 0 Å². The van der Waals surface area contributed by atoms with Crippen LogP contribution in [0.5, 0.6) is 0 Å². The number of carbonyl (C=O) groups is 4. The molecule has 10 heteroatoms. The van der Waals surface area contributed by atoms with Gasteiger partial charge < -0.3 is 32.5 Å². The third-order valence-electron chi connectivity index (χ3n) is 4.39. The standard InChI is InChI=1S/C13H16N2O5.C9H11NO2/c14-9(6-11(16)17)12(18)8-4-2-1-3-7(8)5-10(15)13(19)20;10-8(9(11)12)6-7-4-2-1-3-5-7/h1-4,9-10H,5-6,14-15H2,(H,16,17)(H,19,20);1-5,8H,6,10H2,(H,11,12)/t9-,10-;8-/m00/s1. The molecule has 0 unspecified atom stereocenters. The first kappa shape index (κ1) is 26.4. The first-order valence-corrected chi connectivity index (χ1v) is 9.63. The van der Waals surface area contributed by atoms with E-state index in [2.05, 4.69) is 0 Å². The summed E-state index contributed by atoms with van der Waals surface area (Å²) >= 11 is 0. The van der Waals surface area contributed by atoms with Crippen LogP contribution in [0.1, 0.15) is 27.9 Å². The van der Waals surface area contributed by atoms with Crippen LogP contribution in [0.15, 0.2) is 54.6 Å². The van der Waals surface area contributed by atoms with E-state index in [0.29, 0.717) is 12.0 Å². The highest BCUT2D eigenvalue weighted by Gasteiger charge is 2.23. The molecule has 0 aliphatic heterocycles. The summed E-state index contributed by atoms with van der Waals surface area (Å²) in [6.07, 6.45) is -0.134. The van der Waals surface area contributed by atoms with Crippen molar-refractivity contribution >= 4 is 23.7 Å². The summed E-state index contributed by atoms with van der Waals surface area (Å²) in [4.78, 5) is 43.8. The highest BCUT2D eigenvalue weighted by Crippen LogP contribution is 2.14. The smallest absolute Gasteiger partial charge is 0.320 e. The van der Waals surface area contributed by atoms with Gasteiger partial charge in [-0.05, 0) is 24.0 Å². The second-order valence-corrected chi connectivity index (χ2v) is 7.01. The van der Waals surface area contributed by atoms with Gasteiger partial charge in [-0.15, -0.1) is 0 Å². The normalized spacial score (nSPS) is 13.1. The highest BCUT2D eigenvalue weighted by molar-refractivity contribution is 6.02. The fourth-order valence-corrected chi connectivity index (χ4v) is 2.70. The molecule has 0 radical (unpaired) electrons. The van der Waals surface area contributed by atoms with Gasteiger partial charge in [0, 0.05) is 5.56 Å². The number of carboxylic acids is 3. The summed E-state index contributed by atoms with van der Waals surface area (Å²) in [6, 6.07) is 12.5. The molecule has 0 bridgehead atoms. The van der Waals surface area contributed by atoms with Gasteiger partial charge in [-0.1, -0.05) is 54.6 Å². The van der Waals surface area contributed by atoms with Gasteiger partial charge in [0.1, 0.15) is 12.1 Å². The van der Waals surface area contributed by atoms with Crippen LogP contribution in [0.4, 0.5) is 0 Å². The predicted octanol–water partition coefficient (Wildman–Crippen LogP) is 0.267. The molecule has 3 atom stereocenters. The Labute approximate surface area is 184 Å². The van der Waals surface area contributed by atoms with Crippen molar-refractivity contribution in [1.82, 2.24) is 0 Å². The number of Topliss-reactive ketones (excluding diaryl/α,β-unsaturated/α-hetero) is 1. The lowest BCUT2D eigenvalue weighted by Crippen LogP contribution is -2.35. The molecule has 2 rings (SSSR count). The SMILES string of the molecule is N[C@@H](Cc1ccccc1)C(=O)O.N[C@@H](Cc1ccccc1C(=O)[C@@H](N)CC(=O)O)C(=O)O. The maximum atomic E-state index is 12.1. The Bertz CT molecular complexity index is 934. The molecular formula is C22H27N3O7. The third-order valence-corrected chi connectivity index (χ3v) is 4.39. The van der Waals surface area contributed by atoms with Crippen LogP contribution >= 0.6 is 0 Å². The topological polar surface area (TPSA) is 207 Å². The van der Waals surface area contributed by atoms with E-state index in [1.165, 1.54) is 6.07 Å². The van der Waals surface area contributed by atoms with E-state index < -0.39 is 48.2 Å². The van der Waals surface area contributed by atoms with Crippen LogP contribution in [0, 0.1) is 0 Å². The minimum absolute atomic E-state index is 0.0307. The Hall–Kier alpha value is -3.60. The van der Waals surface area contributed by atoms with Crippen molar-refractivity contribution in [1.29, 1.82) is 0 Å². The van der Waals surface area contributed by atoms with Gasteiger partial charge in [0.25, 0.3) is 0 Å². The second kappa shape index (κ2) is 13.0. The first-order valence-electron chi connectivity index (χ1n) is 9.63. The Morgan fingerprint density at radius 3 is 1.72 bits per heavy atom. The van der Waals surface area contributed by atoms with E-state index in [4.69, 9.17) is 32.5 Å². The molecule has 0 heterocycles. The molecular weight excluding hydrogens is 418 g/mol. The van der Waals surface area contributed by atoms with Crippen molar-refractivity contribution < 1.29 is 34.5 Å². The lowest BCUT2D eigenvalue weighted by Gasteiger charge is -2.14. The van der Waals surface area contributed by atoms with E-state index in [1.807, 2.05) is 30.3 Å². The van der Waals surface area contributed by atoms with Gasteiger partial charge in [0.2, 0.25) is 0 Å². The van der Waals surface area contributed by atoms with Crippen LogP contribution in [0.25, 0.3) is 0 Å². The number of carboxylic acid groups (broad SMARTS) is 3. The van der Waals surface area contributed by atoms with E-state index in [-0.39, 0.29) is 12.0 Å². The Kier molecular flexibility index (Phi) is 10.7. The van der Waals surface area contributed by atoms with Gasteiger partial charge in [-0.2, -0.15) is 0 Å². The van der Waals surface area contributed by atoms with Crippen molar-refractivity contribution in [2.75, 3.05) is 0 Å². The van der Waals surface area contributed by atoms with Gasteiger partial charge in [-0.3, -0.25) is 19.2 Å². The maximum absolute atomic E-state index is 12.1. The minimum Gasteiger partial charge on any atom is -0.481 e. The number of hydrogen-bond donors (Lipinski definition) is 6. The monoisotopic (exact) mass is 445 g/mol. The maximum Gasteiger partial charge on any atom is 0.320 e. The summed E-state index contributed by atoms with van der Waals surface area (Å²) in [5.74, 6) is -3.85. The fourth-order valence-electron chi connectivity index (χ4n) is 2.70. The zero-order valence-corrected chi connectivity index (χ0v) is 17.3. The van der Waals surface area contributed by atoms with Crippen LogP contribution in [-0.2, 0) is 27.2 Å². The van der Waals surface area contributed by atoms with Crippen LogP contribution in [0.3, 0.4) is 0 Å². The highest BCUT2D eigenvalue weighted by atomic mass is 16.4. The lowest BCUT2D eigenvalue weighted by molar-refractivity contribution is -0.139. The summed E-state index contributed by atoms with van der Waals surface area (Å²) in [7, 11) is 0. The number of carbonyl (C=O) groups excluding carboxylic acids is 1. The lowest BCUT2D eigenvalue weighted by atomic mass is 9.94. The van der Waals surface area contributed by atoms with Crippen molar-refractivity contribution in [2.24, 2.45) is 17.2 Å². The number of hydrogen-bond acceptors (Lipinski definition) is 7. The molecule has 0 saturated carbocycles. The molecule has 172 valence electrons. The van der Waals surface area contributed by atoms with Crippen LogP contribution in [0.2, 0.25) is 0 Å². The van der Waals surface area contributed by atoms with Crippen molar-refractivity contribution in [3.05, 3.63) is 71.3 Å². The molecule has 9 N–H and O–H groups in total. The molecule has 0 spiro atoms. The molecule has 0 amide bonds. The quantitative estimate of drug-likeness (QED) is 0.275. The summed E-state index contributed by atoms with van der Waals surface area (Å²) in [6.45, 7) is 0. The van der Waals surface area contributed by atoms with Gasteiger partial charge in [0.15, 0.2) is 5.78 Å². The Morgan fingerprint density at radius 2 is 1.19 bits per heavy atom. The van der Waals surface area contributed by atoms with E-state index in [9.17, 15) is 19.2 Å². The molecule has 2 aromatic rings. The van der Waals surface area contributed by atoms with Gasteiger partial charge in [-0.25, -0.2) is 0 Å². The minimum atomic E-state index is -1.18. The zero-order chi connectivity index (χ0) is 24.3. The molecule has 0 aliphatic rings. The summed E-state index contributed by atoms with van der Waals surface area (Å²) in [5, 5.41) is 25.9. The molecule has 0 aromatic heterocycles. The van der Waals surface area contributed by atoms with E-state index in [1.54, 1.807) is 18.2 Å². The molecule has 0 fully saturated rings. The molecule has 2 aromatic carbocycles. The number of ketones is 1. The number of rotatable bonds is 10. The number of aliphatic carboxylic acids is 3. The van der Waals surface area contributed by atoms with Gasteiger partial charge >= 0.3 is 17.9 Å². The first-order chi connectivity index (χ1) is 15.0. The van der Waals surface area contributed by atoms with Gasteiger partial charge in [0.05, 0.1) is 12.5 Å². The third kappa shape index (κ3) is 9.04. The fraction of sp³-hybridized carbons (Fsp3) is 0.273. The molecule has 0 saturated heterocycles. The van der Waals surface area contributed by atoms with Crippen LogP contribution in [-0.4, -0.2) is 57.1 Å². The average molecular weight is 445 g/mol. The Balaban J connectivity index is 0.000000363. The summed E-state index contributed by atoms with van der Waals surface area (Å²) in [5.41, 5.74) is 17.9. The average Bonchev–Trinajstić information content (AvgIpc) is 2.74. The molecule has 0 aliphatic carbocycles. The molecule has 10 nitrogen and oxygen atoms in total. The van der Waals surface area contributed by atoms with E-state index >= 15 is 0 Å². The van der Waals surface area contributed by atoms with Crippen molar-refractivity contribution in [3.8, 4) is 0 Å². The van der Waals surface area contributed by atoms with Crippen LogP contribution < -0.4 is 17.2 Å². The zero-order valence-electron chi connectivity index (χ0n) is 17.3. The van der Waals surface area contributed by atoms with E-state index in [0.717, 1.165) is 5.56 Å². The second-order valence-electron chi connectivity index (χ2n) is 7.01. The predicted molar refractivity (Wildman–Crippen MR) is 116 cm³/mol. The Morgan fingerprint density at radius 1 is 0.688 bits per heavy atom. The van der Waals surface area contributed by atoms with Crippen molar-refractivity contribution in [2.45, 2.75) is 37.4 Å². The number of nitrogens with two attached hydrogens (primary N) is 3. The molecule has 32 heavy (non-hydrogen) atoms. The summed E-state index contributed by atoms with van der Waals surface area (Å²) < 4.78 is 0. The largest absolute Gasteiger partial charge is 0.481 e.